The van der Waals surface area contributed by atoms with Gasteiger partial charge in [0.05, 0.1) is 13.1 Å². The Morgan fingerprint density at radius 3 is 1.83 bits per heavy atom. The van der Waals surface area contributed by atoms with Crippen molar-refractivity contribution in [1.82, 2.24) is 0 Å². The summed E-state index contributed by atoms with van der Waals surface area (Å²) in [5.41, 5.74) is 2.57. The normalized spacial score (nSPS) is 20.3. The zero-order valence-electron chi connectivity index (χ0n) is 6.77. The Morgan fingerprint density at radius 1 is 0.833 bits per heavy atom. The molecule has 0 atom stereocenters. The number of fused-ring (bicyclic) bond motifs is 1. The van der Waals surface area contributed by atoms with Crippen LogP contribution in [-0.2, 0) is 13.1 Å². The maximum absolute atomic E-state index is 4.20. The summed E-state index contributed by atoms with van der Waals surface area (Å²) >= 11 is 0. The number of hydrogen-bond donors (Lipinski definition) is 0. The number of aliphatic imine (C=N–C) groups is 2. The van der Waals surface area contributed by atoms with E-state index >= 15 is 0 Å². The molecule has 1 aromatic carbocycles. The Balaban J connectivity index is 2.40. The van der Waals surface area contributed by atoms with Crippen molar-refractivity contribution in [2.24, 2.45) is 9.98 Å². The Labute approximate surface area is 71.7 Å². The number of rotatable bonds is 0. The van der Waals surface area contributed by atoms with E-state index in [1.165, 1.54) is 11.1 Å². The lowest BCUT2D eigenvalue weighted by Crippen LogP contribution is -1.95. The van der Waals surface area contributed by atoms with Crippen LogP contribution in [0.3, 0.4) is 0 Å². The van der Waals surface area contributed by atoms with E-state index in [2.05, 4.69) is 22.1 Å². The standard InChI is InChI=1S/C10H10N2/c1-2-4-10-8-12-6-5-11-7-9(10)3-1/h1-6H,7-8H2/b11-5-,12-6-. The van der Waals surface area contributed by atoms with Crippen LogP contribution in [0.2, 0.25) is 0 Å². The van der Waals surface area contributed by atoms with Crippen LogP contribution < -0.4 is 0 Å². The molecule has 1 aliphatic rings. The highest BCUT2D eigenvalue weighted by Crippen LogP contribution is 2.11. The van der Waals surface area contributed by atoms with Crippen molar-refractivity contribution in [3.05, 3.63) is 35.4 Å². The molecule has 1 heterocycles. The van der Waals surface area contributed by atoms with Gasteiger partial charge in [0.2, 0.25) is 0 Å². The monoisotopic (exact) mass is 158 g/mol. The Morgan fingerprint density at radius 2 is 1.33 bits per heavy atom. The second kappa shape index (κ2) is 3.30. The van der Waals surface area contributed by atoms with Gasteiger partial charge < -0.3 is 0 Å². The van der Waals surface area contributed by atoms with Crippen molar-refractivity contribution in [3.63, 3.8) is 0 Å². The quantitative estimate of drug-likeness (QED) is 0.550. The molecule has 2 heteroatoms. The van der Waals surface area contributed by atoms with E-state index in [4.69, 9.17) is 0 Å². The lowest BCUT2D eigenvalue weighted by Gasteiger charge is -2.05. The van der Waals surface area contributed by atoms with Gasteiger partial charge in [0.15, 0.2) is 0 Å². The molecule has 0 amide bonds. The van der Waals surface area contributed by atoms with Crippen molar-refractivity contribution in [3.8, 4) is 0 Å². The zero-order valence-corrected chi connectivity index (χ0v) is 6.77. The minimum Gasteiger partial charge on any atom is -0.287 e. The lowest BCUT2D eigenvalue weighted by molar-refractivity contribution is 0.980. The predicted molar refractivity (Wildman–Crippen MR) is 50.8 cm³/mol. The third-order valence-corrected chi connectivity index (χ3v) is 1.92. The van der Waals surface area contributed by atoms with E-state index in [1.54, 1.807) is 12.4 Å². The van der Waals surface area contributed by atoms with Gasteiger partial charge in [-0.25, -0.2) is 0 Å². The van der Waals surface area contributed by atoms with E-state index in [0.717, 1.165) is 13.1 Å². The van der Waals surface area contributed by atoms with Gasteiger partial charge >= 0.3 is 0 Å². The fourth-order valence-corrected chi connectivity index (χ4v) is 1.26. The Hall–Kier alpha value is -1.44. The first-order valence-corrected chi connectivity index (χ1v) is 4.02. The van der Waals surface area contributed by atoms with Crippen LogP contribution >= 0.6 is 0 Å². The van der Waals surface area contributed by atoms with Crippen LogP contribution in [0, 0.1) is 0 Å². The molecule has 0 saturated carbocycles. The van der Waals surface area contributed by atoms with Crippen molar-refractivity contribution in [1.29, 1.82) is 0 Å². The molecular formula is C10H10N2. The second-order valence-corrected chi connectivity index (χ2v) is 2.75. The molecule has 0 spiro atoms. The fraction of sp³-hybridized carbons (Fsp3) is 0.200. The van der Waals surface area contributed by atoms with Crippen LogP contribution in [0.25, 0.3) is 0 Å². The van der Waals surface area contributed by atoms with E-state index in [-0.39, 0.29) is 0 Å². The fourth-order valence-electron chi connectivity index (χ4n) is 1.26. The molecule has 1 aliphatic heterocycles. The van der Waals surface area contributed by atoms with Gasteiger partial charge in [-0.3, -0.25) is 9.98 Å². The molecule has 60 valence electrons. The SMILES string of the molecule is C1=N\Cc2ccccc2C\N=C/1. The topological polar surface area (TPSA) is 24.7 Å². The Kier molecular flexibility index (Phi) is 1.99. The molecule has 0 aromatic heterocycles. The summed E-state index contributed by atoms with van der Waals surface area (Å²) in [6.45, 7) is 1.56. The van der Waals surface area contributed by atoms with E-state index in [1.807, 2.05) is 12.1 Å². The Bertz CT molecular complexity index is 293. The van der Waals surface area contributed by atoms with Gasteiger partial charge in [-0.2, -0.15) is 0 Å². The zero-order chi connectivity index (χ0) is 8.23. The summed E-state index contributed by atoms with van der Waals surface area (Å²) in [7, 11) is 0. The van der Waals surface area contributed by atoms with Crippen molar-refractivity contribution in [2.75, 3.05) is 0 Å². The summed E-state index contributed by atoms with van der Waals surface area (Å²) in [6.07, 6.45) is 3.52. The van der Waals surface area contributed by atoms with Crippen molar-refractivity contribution < 1.29 is 0 Å². The number of hydrogen-bond acceptors (Lipinski definition) is 2. The number of benzene rings is 1. The van der Waals surface area contributed by atoms with E-state index < -0.39 is 0 Å². The first kappa shape index (κ1) is 7.22. The third-order valence-electron chi connectivity index (χ3n) is 1.92. The highest BCUT2D eigenvalue weighted by atomic mass is 14.8. The maximum atomic E-state index is 4.20. The average Bonchev–Trinajstić information content (AvgIpc) is 2.06. The molecule has 0 bridgehead atoms. The van der Waals surface area contributed by atoms with Gasteiger partial charge in [0.25, 0.3) is 0 Å². The lowest BCUT2D eigenvalue weighted by atomic mass is 10.1. The molecule has 0 unspecified atom stereocenters. The van der Waals surface area contributed by atoms with Gasteiger partial charge in [-0.05, 0) is 11.1 Å². The molecule has 0 saturated heterocycles. The van der Waals surface area contributed by atoms with E-state index in [0.29, 0.717) is 0 Å². The average molecular weight is 158 g/mol. The molecule has 0 N–H and O–H groups in total. The highest BCUT2D eigenvalue weighted by molar-refractivity contribution is 6.16. The first-order valence-electron chi connectivity index (χ1n) is 4.02. The van der Waals surface area contributed by atoms with Crippen molar-refractivity contribution >= 4 is 12.4 Å². The minimum atomic E-state index is 0.780. The van der Waals surface area contributed by atoms with Crippen molar-refractivity contribution in [2.45, 2.75) is 13.1 Å². The molecule has 2 nitrogen and oxygen atoms in total. The summed E-state index contributed by atoms with van der Waals surface area (Å²) in [5.74, 6) is 0. The molecule has 1 aromatic rings. The predicted octanol–water partition coefficient (Wildman–Crippen LogP) is 1.84. The molecule has 0 aliphatic carbocycles. The molecular weight excluding hydrogens is 148 g/mol. The maximum Gasteiger partial charge on any atom is 0.0643 e. The van der Waals surface area contributed by atoms with Crippen LogP contribution in [0.1, 0.15) is 11.1 Å². The largest absolute Gasteiger partial charge is 0.287 e. The van der Waals surface area contributed by atoms with Gasteiger partial charge in [-0.1, -0.05) is 24.3 Å². The number of nitrogens with zero attached hydrogens (tertiary/aromatic N) is 2. The molecule has 0 fully saturated rings. The molecule has 2 rings (SSSR count). The van der Waals surface area contributed by atoms with E-state index in [9.17, 15) is 0 Å². The van der Waals surface area contributed by atoms with Crippen LogP contribution in [0.15, 0.2) is 34.3 Å². The third kappa shape index (κ3) is 1.42. The minimum absolute atomic E-state index is 0.780. The summed E-state index contributed by atoms with van der Waals surface area (Å²) in [4.78, 5) is 8.40. The van der Waals surface area contributed by atoms with Crippen LogP contribution in [0.5, 0.6) is 0 Å². The second-order valence-electron chi connectivity index (χ2n) is 2.75. The molecule has 0 radical (unpaired) electrons. The summed E-state index contributed by atoms with van der Waals surface area (Å²) in [5, 5.41) is 0. The first-order chi connectivity index (χ1) is 5.97. The van der Waals surface area contributed by atoms with Gasteiger partial charge in [0.1, 0.15) is 0 Å². The molecule has 12 heavy (non-hydrogen) atoms. The smallest absolute Gasteiger partial charge is 0.0643 e. The summed E-state index contributed by atoms with van der Waals surface area (Å²) in [6, 6.07) is 8.29. The van der Waals surface area contributed by atoms with Gasteiger partial charge in [0, 0.05) is 12.4 Å². The van der Waals surface area contributed by atoms with Crippen LogP contribution in [0.4, 0.5) is 0 Å². The van der Waals surface area contributed by atoms with Crippen LogP contribution in [-0.4, -0.2) is 12.4 Å². The summed E-state index contributed by atoms with van der Waals surface area (Å²) < 4.78 is 0. The van der Waals surface area contributed by atoms with Gasteiger partial charge in [-0.15, -0.1) is 0 Å². The highest BCUT2D eigenvalue weighted by Gasteiger charge is 1.99.